The van der Waals surface area contributed by atoms with Crippen LogP contribution in [-0.4, -0.2) is 26.9 Å². The third-order valence-corrected chi connectivity index (χ3v) is 5.10. The molecule has 1 heterocycles. The van der Waals surface area contributed by atoms with Crippen LogP contribution in [0, 0.1) is 12.8 Å². The lowest BCUT2D eigenvalue weighted by molar-refractivity contribution is 0.0780. The predicted molar refractivity (Wildman–Crippen MR) is 85.4 cm³/mol. The second kappa shape index (κ2) is 6.92. The minimum Gasteiger partial charge on any atom is -0.496 e. The highest BCUT2D eigenvalue weighted by Crippen LogP contribution is 2.40. The molecule has 0 amide bonds. The van der Waals surface area contributed by atoms with Crippen molar-refractivity contribution in [3.8, 4) is 5.75 Å². The molecule has 1 fully saturated rings. The van der Waals surface area contributed by atoms with Gasteiger partial charge in [-0.25, -0.2) is 0 Å². The Balaban J connectivity index is 2.38. The van der Waals surface area contributed by atoms with Gasteiger partial charge in [0.1, 0.15) is 5.75 Å². The monoisotopic (exact) mass is 341 g/mol. The Morgan fingerprint density at radius 1 is 1.50 bits per heavy atom. The fourth-order valence-electron chi connectivity index (χ4n) is 3.16. The summed E-state index contributed by atoms with van der Waals surface area (Å²) in [5.41, 5.74) is 2.40. The van der Waals surface area contributed by atoms with E-state index in [9.17, 15) is 0 Å². The van der Waals surface area contributed by atoms with E-state index in [1.165, 1.54) is 11.1 Å². The molecule has 20 heavy (non-hydrogen) atoms. The van der Waals surface area contributed by atoms with Gasteiger partial charge in [-0.05, 0) is 44.5 Å². The molecule has 1 aromatic carbocycles. The van der Waals surface area contributed by atoms with Crippen LogP contribution < -0.4 is 10.1 Å². The van der Waals surface area contributed by atoms with Crippen LogP contribution in [0.3, 0.4) is 0 Å². The molecule has 1 N–H and O–H groups in total. The summed E-state index contributed by atoms with van der Waals surface area (Å²) in [4.78, 5) is 0. The summed E-state index contributed by atoms with van der Waals surface area (Å²) in [6.07, 6.45) is 2.48. The van der Waals surface area contributed by atoms with E-state index in [1.807, 2.05) is 7.05 Å². The van der Waals surface area contributed by atoms with Gasteiger partial charge in [-0.2, -0.15) is 0 Å². The quantitative estimate of drug-likeness (QED) is 0.882. The molecule has 3 atom stereocenters. The zero-order valence-corrected chi connectivity index (χ0v) is 14.3. The molecule has 3 nitrogen and oxygen atoms in total. The van der Waals surface area contributed by atoms with Crippen molar-refractivity contribution >= 4 is 15.9 Å². The third kappa shape index (κ3) is 3.02. The Kier molecular flexibility index (Phi) is 5.47. The Labute approximate surface area is 130 Å². The van der Waals surface area contributed by atoms with Crippen LogP contribution >= 0.6 is 15.9 Å². The first kappa shape index (κ1) is 15.8. The largest absolute Gasteiger partial charge is 0.496 e. The Hall–Kier alpha value is -0.580. The lowest BCUT2D eigenvalue weighted by Crippen LogP contribution is -2.31. The molecule has 1 aromatic rings. The number of halogens is 1. The van der Waals surface area contributed by atoms with Crippen molar-refractivity contribution in [1.29, 1.82) is 0 Å². The molecule has 0 bridgehead atoms. The molecule has 112 valence electrons. The molecule has 3 unspecified atom stereocenters. The van der Waals surface area contributed by atoms with E-state index < -0.39 is 0 Å². The lowest BCUT2D eigenvalue weighted by atomic mass is 9.86. The highest BCUT2D eigenvalue weighted by Gasteiger charge is 2.35. The summed E-state index contributed by atoms with van der Waals surface area (Å²) in [6.45, 7) is 5.13. The van der Waals surface area contributed by atoms with Crippen molar-refractivity contribution in [3.05, 3.63) is 27.7 Å². The minimum absolute atomic E-state index is 0.259. The number of rotatable bonds is 5. The number of aryl methyl sites for hydroxylation is 1. The van der Waals surface area contributed by atoms with E-state index in [-0.39, 0.29) is 6.04 Å². The summed E-state index contributed by atoms with van der Waals surface area (Å²) in [7, 11) is 3.75. The smallest absolute Gasteiger partial charge is 0.123 e. The zero-order chi connectivity index (χ0) is 14.7. The third-order valence-electron chi connectivity index (χ3n) is 4.25. The van der Waals surface area contributed by atoms with Crippen LogP contribution in [0.5, 0.6) is 5.75 Å². The van der Waals surface area contributed by atoms with E-state index in [4.69, 9.17) is 9.47 Å². The summed E-state index contributed by atoms with van der Waals surface area (Å²) in [5.74, 6) is 1.44. The number of nitrogens with one attached hydrogen (secondary N) is 1. The maximum absolute atomic E-state index is 5.85. The number of hydrogen-bond donors (Lipinski definition) is 1. The van der Waals surface area contributed by atoms with E-state index >= 15 is 0 Å². The average molecular weight is 342 g/mol. The van der Waals surface area contributed by atoms with Gasteiger partial charge in [0.05, 0.1) is 13.2 Å². The number of ether oxygens (including phenoxy) is 2. The molecule has 2 rings (SSSR count). The SMILES string of the molecule is CCC1OCCC1C(NC)c1cc(Br)c(C)cc1OC. The lowest BCUT2D eigenvalue weighted by Gasteiger charge is -2.29. The number of methoxy groups -OCH3 is 1. The Morgan fingerprint density at radius 2 is 2.25 bits per heavy atom. The molecule has 1 saturated heterocycles. The first-order valence-corrected chi connectivity index (χ1v) is 8.04. The van der Waals surface area contributed by atoms with Crippen LogP contribution in [0.25, 0.3) is 0 Å². The van der Waals surface area contributed by atoms with Crippen molar-refractivity contribution in [2.45, 2.75) is 38.8 Å². The van der Waals surface area contributed by atoms with Crippen LogP contribution in [0.4, 0.5) is 0 Å². The van der Waals surface area contributed by atoms with Crippen molar-refractivity contribution in [3.63, 3.8) is 0 Å². The van der Waals surface area contributed by atoms with Gasteiger partial charge in [-0.3, -0.25) is 0 Å². The molecule has 4 heteroatoms. The minimum atomic E-state index is 0.259. The normalized spacial score (nSPS) is 23.9. The second-order valence-corrected chi connectivity index (χ2v) is 6.23. The molecular formula is C16H24BrNO2. The number of hydrogen-bond acceptors (Lipinski definition) is 3. The van der Waals surface area contributed by atoms with Crippen LogP contribution in [0.1, 0.15) is 36.9 Å². The van der Waals surface area contributed by atoms with Gasteiger partial charge in [0.25, 0.3) is 0 Å². The first-order valence-electron chi connectivity index (χ1n) is 7.25. The highest BCUT2D eigenvalue weighted by atomic mass is 79.9. The zero-order valence-electron chi connectivity index (χ0n) is 12.7. The van der Waals surface area contributed by atoms with E-state index in [1.54, 1.807) is 7.11 Å². The summed E-state index contributed by atoms with van der Waals surface area (Å²) in [5, 5.41) is 3.47. The first-order chi connectivity index (χ1) is 9.62. The topological polar surface area (TPSA) is 30.5 Å². The molecule has 1 aliphatic rings. The van der Waals surface area contributed by atoms with Crippen LogP contribution in [0.2, 0.25) is 0 Å². The summed E-state index contributed by atoms with van der Waals surface area (Å²) in [6, 6.07) is 4.54. The molecule has 0 aromatic heterocycles. The maximum atomic E-state index is 5.85. The van der Waals surface area contributed by atoms with Crippen molar-refractivity contribution in [2.75, 3.05) is 20.8 Å². The van der Waals surface area contributed by atoms with Gasteiger partial charge in [0.15, 0.2) is 0 Å². The van der Waals surface area contributed by atoms with E-state index in [0.717, 1.165) is 29.7 Å². The van der Waals surface area contributed by atoms with Crippen molar-refractivity contribution in [1.82, 2.24) is 5.32 Å². The van der Waals surface area contributed by atoms with Gasteiger partial charge in [0, 0.05) is 28.6 Å². The standard InChI is InChI=1S/C16H24BrNO2/c1-5-14-11(6-7-20-14)16(18-3)12-9-13(17)10(2)8-15(12)19-4/h8-9,11,14,16,18H,5-7H2,1-4H3. The molecule has 0 spiro atoms. The summed E-state index contributed by atoms with van der Waals surface area (Å²) < 4.78 is 12.6. The van der Waals surface area contributed by atoms with Crippen LogP contribution in [0.15, 0.2) is 16.6 Å². The van der Waals surface area contributed by atoms with Gasteiger partial charge in [-0.1, -0.05) is 22.9 Å². The van der Waals surface area contributed by atoms with Crippen molar-refractivity contribution < 1.29 is 9.47 Å². The van der Waals surface area contributed by atoms with Gasteiger partial charge >= 0.3 is 0 Å². The fraction of sp³-hybridized carbons (Fsp3) is 0.625. The van der Waals surface area contributed by atoms with Gasteiger partial charge < -0.3 is 14.8 Å². The molecule has 1 aliphatic heterocycles. The molecule has 0 radical (unpaired) electrons. The van der Waals surface area contributed by atoms with Gasteiger partial charge in [0.2, 0.25) is 0 Å². The average Bonchev–Trinajstić information content (AvgIpc) is 2.91. The fourth-order valence-corrected chi connectivity index (χ4v) is 3.52. The highest BCUT2D eigenvalue weighted by molar-refractivity contribution is 9.10. The molecular weight excluding hydrogens is 318 g/mol. The second-order valence-electron chi connectivity index (χ2n) is 5.38. The van der Waals surface area contributed by atoms with Crippen molar-refractivity contribution in [2.24, 2.45) is 5.92 Å². The maximum Gasteiger partial charge on any atom is 0.123 e. The molecule has 0 aliphatic carbocycles. The summed E-state index contributed by atoms with van der Waals surface area (Å²) >= 11 is 3.63. The predicted octanol–water partition coefficient (Wildman–Crippen LogP) is 3.84. The Morgan fingerprint density at radius 3 is 2.85 bits per heavy atom. The number of benzene rings is 1. The van der Waals surface area contributed by atoms with E-state index in [0.29, 0.717) is 12.0 Å². The van der Waals surface area contributed by atoms with Crippen LogP contribution in [-0.2, 0) is 4.74 Å². The van der Waals surface area contributed by atoms with E-state index in [2.05, 4.69) is 47.2 Å². The van der Waals surface area contributed by atoms with Gasteiger partial charge in [-0.15, -0.1) is 0 Å². The molecule has 0 saturated carbocycles. The Bertz CT molecular complexity index is 464.